The summed E-state index contributed by atoms with van der Waals surface area (Å²) in [5.74, 6) is 1.84. The van der Waals surface area contributed by atoms with Crippen LogP contribution in [0.5, 0.6) is 5.75 Å². The fraction of sp³-hybridized carbons (Fsp3) is 0.200. The number of hydrogen-bond acceptors (Lipinski definition) is 2. The molecule has 0 atom stereocenters. The van der Waals surface area contributed by atoms with Crippen molar-refractivity contribution in [1.29, 1.82) is 0 Å². The van der Waals surface area contributed by atoms with Crippen LogP contribution < -0.4 is 9.64 Å². The fourth-order valence-corrected chi connectivity index (χ4v) is 2.40. The molecule has 0 spiro atoms. The number of allylic oxidation sites excluding steroid dienone is 3. The number of rotatable bonds is 1. The highest BCUT2D eigenvalue weighted by Gasteiger charge is 2.27. The second-order valence-electron chi connectivity index (χ2n) is 4.24. The molecule has 0 fully saturated rings. The summed E-state index contributed by atoms with van der Waals surface area (Å²) in [5, 5.41) is 0. The number of nitrogens with zero attached hydrogens (tertiary/aromatic N) is 1. The molecular weight excluding hydrogens is 210 g/mol. The Balaban J connectivity index is 2.17. The van der Waals surface area contributed by atoms with Gasteiger partial charge >= 0.3 is 0 Å². The van der Waals surface area contributed by atoms with Crippen molar-refractivity contribution in [2.45, 2.75) is 13.3 Å². The highest BCUT2D eigenvalue weighted by Crippen LogP contribution is 2.41. The van der Waals surface area contributed by atoms with Gasteiger partial charge in [0.1, 0.15) is 0 Å². The van der Waals surface area contributed by atoms with Gasteiger partial charge < -0.3 is 9.64 Å². The van der Waals surface area contributed by atoms with Crippen molar-refractivity contribution >= 4 is 5.69 Å². The summed E-state index contributed by atoms with van der Waals surface area (Å²) in [4.78, 5) is 2.28. The lowest BCUT2D eigenvalue weighted by molar-refractivity contribution is 0.424. The molecule has 17 heavy (non-hydrogen) atoms. The Labute approximate surface area is 102 Å². The Morgan fingerprint density at radius 2 is 2.18 bits per heavy atom. The maximum Gasteiger partial charge on any atom is 0.151 e. The number of likely N-dealkylation sites (N-methyl/N-ethyl adjacent to an activating group) is 1. The van der Waals surface area contributed by atoms with Gasteiger partial charge in [0.2, 0.25) is 0 Å². The molecule has 1 aromatic rings. The zero-order chi connectivity index (χ0) is 11.8. The molecule has 0 N–H and O–H groups in total. The number of hydrogen-bond donors (Lipinski definition) is 0. The fourth-order valence-electron chi connectivity index (χ4n) is 2.40. The Morgan fingerprint density at radius 3 is 3.00 bits per heavy atom. The molecular formula is C15H15NO. The van der Waals surface area contributed by atoms with Gasteiger partial charge in [-0.05, 0) is 37.1 Å². The number of anilines is 1. The second-order valence-corrected chi connectivity index (χ2v) is 4.24. The predicted octanol–water partition coefficient (Wildman–Crippen LogP) is 3.63. The summed E-state index contributed by atoms with van der Waals surface area (Å²) in [7, 11) is 0. The molecule has 1 aliphatic heterocycles. The topological polar surface area (TPSA) is 12.5 Å². The van der Waals surface area contributed by atoms with Gasteiger partial charge in [0.15, 0.2) is 11.5 Å². The lowest BCUT2D eigenvalue weighted by Gasteiger charge is -2.35. The molecule has 3 rings (SSSR count). The smallest absolute Gasteiger partial charge is 0.151 e. The van der Waals surface area contributed by atoms with Gasteiger partial charge in [-0.1, -0.05) is 24.8 Å². The molecule has 86 valence electrons. The zero-order valence-corrected chi connectivity index (χ0v) is 9.94. The van der Waals surface area contributed by atoms with Crippen LogP contribution in [-0.4, -0.2) is 6.54 Å². The summed E-state index contributed by atoms with van der Waals surface area (Å²) in [6, 6.07) is 8.14. The first-order valence-electron chi connectivity index (χ1n) is 5.94. The molecule has 0 aromatic heterocycles. The number of ether oxygens (including phenoxy) is 1. The Bertz CT molecular complexity index is 540. The number of para-hydroxylation sites is 2. The Hall–Kier alpha value is -1.96. The van der Waals surface area contributed by atoms with E-state index in [4.69, 9.17) is 4.74 Å². The second kappa shape index (κ2) is 3.81. The van der Waals surface area contributed by atoms with Crippen LogP contribution in [0.15, 0.2) is 60.0 Å². The van der Waals surface area contributed by atoms with Crippen LogP contribution in [-0.2, 0) is 0 Å². The Morgan fingerprint density at radius 1 is 1.35 bits per heavy atom. The monoisotopic (exact) mass is 225 g/mol. The maximum atomic E-state index is 5.93. The van der Waals surface area contributed by atoms with E-state index in [1.54, 1.807) is 0 Å². The van der Waals surface area contributed by atoms with Crippen LogP contribution in [0.25, 0.3) is 0 Å². The van der Waals surface area contributed by atoms with Crippen molar-refractivity contribution in [1.82, 2.24) is 0 Å². The summed E-state index contributed by atoms with van der Waals surface area (Å²) in [5.41, 5.74) is 3.39. The molecule has 2 nitrogen and oxygen atoms in total. The maximum absolute atomic E-state index is 5.93. The van der Waals surface area contributed by atoms with Crippen molar-refractivity contribution in [3.63, 3.8) is 0 Å². The molecule has 0 saturated heterocycles. The van der Waals surface area contributed by atoms with Gasteiger partial charge in [-0.15, -0.1) is 0 Å². The minimum atomic E-state index is 0.904. The van der Waals surface area contributed by atoms with E-state index in [-0.39, 0.29) is 0 Å². The molecule has 0 unspecified atom stereocenters. The molecule has 0 amide bonds. The quantitative estimate of drug-likeness (QED) is 0.723. The first-order valence-corrected chi connectivity index (χ1v) is 5.94. The average Bonchev–Trinajstić information content (AvgIpc) is 2.36. The standard InChI is InChI=1S/C15H15NO/c1-3-16-12-8-4-5-9-13(12)17-14-10-6-7-11(2)15(14)16/h4-6,8-10H,2-3,7H2,1H3. The molecule has 1 aliphatic carbocycles. The number of fused-ring (bicyclic) bond motifs is 1. The molecule has 2 heteroatoms. The third kappa shape index (κ3) is 1.48. The van der Waals surface area contributed by atoms with Crippen molar-refractivity contribution in [2.24, 2.45) is 0 Å². The predicted molar refractivity (Wildman–Crippen MR) is 70.0 cm³/mol. The molecule has 1 heterocycles. The van der Waals surface area contributed by atoms with Crippen LogP contribution in [0, 0.1) is 0 Å². The van der Waals surface area contributed by atoms with Crippen LogP contribution in [0.2, 0.25) is 0 Å². The largest absolute Gasteiger partial charge is 0.453 e. The molecule has 0 bridgehead atoms. The van der Waals surface area contributed by atoms with Gasteiger partial charge in [0, 0.05) is 6.54 Å². The van der Waals surface area contributed by atoms with Gasteiger partial charge in [0.25, 0.3) is 0 Å². The molecule has 1 aromatic carbocycles. The third-order valence-electron chi connectivity index (χ3n) is 3.16. The summed E-state index contributed by atoms with van der Waals surface area (Å²) in [6.07, 6.45) is 5.05. The van der Waals surface area contributed by atoms with E-state index in [2.05, 4.69) is 30.5 Å². The minimum absolute atomic E-state index is 0.904. The van der Waals surface area contributed by atoms with Crippen molar-refractivity contribution in [3.05, 3.63) is 60.0 Å². The molecule has 2 aliphatic rings. The Kier molecular flexibility index (Phi) is 2.29. The normalized spacial score (nSPS) is 17.7. The van der Waals surface area contributed by atoms with E-state index in [9.17, 15) is 0 Å². The van der Waals surface area contributed by atoms with Crippen molar-refractivity contribution in [2.75, 3.05) is 11.4 Å². The van der Waals surface area contributed by atoms with Crippen LogP contribution in [0.4, 0.5) is 5.69 Å². The first-order chi connectivity index (χ1) is 8.31. The van der Waals surface area contributed by atoms with E-state index in [1.165, 1.54) is 0 Å². The van der Waals surface area contributed by atoms with E-state index in [1.807, 2.05) is 24.3 Å². The lowest BCUT2D eigenvalue weighted by Crippen LogP contribution is -2.30. The highest BCUT2D eigenvalue weighted by atomic mass is 16.5. The average molecular weight is 225 g/mol. The molecule has 0 saturated carbocycles. The van der Waals surface area contributed by atoms with Crippen LogP contribution in [0.3, 0.4) is 0 Å². The minimum Gasteiger partial charge on any atom is -0.453 e. The lowest BCUT2D eigenvalue weighted by atomic mass is 10.0. The zero-order valence-electron chi connectivity index (χ0n) is 9.94. The van der Waals surface area contributed by atoms with Gasteiger partial charge in [-0.3, -0.25) is 0 Å². The van der Waals surface area contributed by atoms with E-state index >= 15 is 0 Å². The van der Waals surface area contributed by atoms with Gasteiger partial charge in [-0.2, -0.15) is 0 Å². The van der Waals surface area contributed by atoms with Crippen LogP contribution >= 0.6 is 0 Å². The van der Waals surface area contributed by atoms with Gasteiger partial charge in [0.05, 0.1) is 11.4 Å². The van der Waals surface area contributed by atoms with E-state index in [0.29, 0.717) is 0 Å². The van der Waals surface area contributed by atoms with Crippen molar-refractivity contribution in [3.8, 4) is 5.75 Å². The molecule has 0 radical (unpaired) electrons. The first kappa shape index (κ1) is 10.2. The summed E-state index contributed by atoms with van der Waals surface area (Å²) in [6.45, 7) is 7.21. The summed E-state index contributed by atoms with van der Waals surface area (Å²) < 4.78 is 5.93. The third-order valence-corrected chi connectivity index (χ3v) is 3.16. The highest BCUT2D eigenvalue weighted by molar-refractivity contribution is 5.69. The SMILES string of the molecule is C=C1CC=CC2=C1N(CC)c1ccccc1O2. The van der Waals surface area contributed by atoms with Gasteiger partial charge in [-0.25, -0.2) is 0 Å². The van der Waals surface area contributed by atoms with Crippen molar-refractivity contribution < 1.29 is 4.74 Å². The summed E-state index contributed by atoms with van der Waals surface area (Å²) >= 11 is 0. The number of benzene rings is 1. The van der Waals surface area contributed by atoms with E-state index < -0.39 is 0 Å². The van der Waals surface area contributed by atoms with Crippen LogP contribution in [0.1, 0.15) is 13.3 Å². The van der Waals surface area contributed by atoms with E-state index in [0.717, 1.165) is 41.4 Å².